The highest BCUT2D eigenvalue weighted by atomic mass is 19.1. The Kier molecular flexibility index (Phi) is 23.9. The predicted octanol–water partition coefficient (Wildman–Crippen LogP) is 16.3. The molecular formula is C80H82F3N3O12. The number of rotatable bonds is 23. The number of ether oxygens (including phenoxy) is 2. The van der Waals surface area contributed by atoms with Gasteiger partial charge in [0.15, 0.2) is 0 Å². The van der Waals surface area contributed by atoms with Gasteiger partial charge in [-0.05, 0) is 182 Å². The van der Waals surface area contributed by atoms with Gasteiger partial charge in [-0.25, -0.2) is 13.2 Å². The second-order valence-corrected chi connectivity index (χ2v) is 25.1. The van der Waals surface area contributed by atoms with Gasteiger partial charge >= 0.3 is 0 Å². The Labute approximate surface area is 568 Å². The molecule has 9 aromatic rings. The molecule has 3 amide bonds. The van der Waals surface area contributed by atoms with Gasteiger partial charge in [-0.3, -0.25) is 14.4 Å². The number of aliphatic hydroxyl groups is 3. The van der Waals surface area contributed by atoms with Crippen molar-refractivity contribution in [1.29, 1.82) is 0 Å². The Hall–Kier alpha value is -10.1. The van der Waals surface area contributed by atoms with Crippen molar-refractivity contribution >= 4 is 34.8 Å². The maximum atomic E-state index is 13.2. The number of aliphatic hydroxyl groups excluding tert-OH is 3. The number of phenols is 4. The molecule has 0 radical (unpaired) electrons. The lowest BCUT2D eigenvalue weighted by molar-refractivity contribution is -0.118. The third-order valence-corrected chi connectivity index (χ3v) is 18.8. The molecule has 12 rings (SSSR count). The van der Waals surface area contributed by atoms with E-state index >= 15 is 0 Å². The predicted molar refractivity (Wildman–Crippen MR) is 369 cm³/mol. The number of aromatic hydroxyl groups is 4. The van der Waals surface area contributed by atoms with Gasteiger partial charge in [0, 0.05) is 71.2 Å². The summed E-state index contributed by atoms with van der Waals surface area (Å²) in [5.41, 5.74) is 6.28. The molecule has 9 aromatic carbocycles. The standard InChI is InChI=1S/2C27H28FNO4.C26H26FNO4/c2*1-33-22-14-15-23(25(31)17-22)27-19(16-26(32)29(27)21-7-3-2-4-8-21)6-5-9-24(30)18-10-12-20(28)13-11-18;27-19-11-9-17(10-12-19)23(30)8-4-5-18-15-25(32)28(20-6-2-1-3-7-20)26(18)22-14-13-21(29)16-24(22)31/h2*2-4,7-8,10-15,17,19,24,27,30-31H,5-6,9,16H2,1H3;1-3,6-7,9-14,16,18,23,26,29-31H,4-5,8,15H2/t19-,24?,27-;19-,24+,27-;/m00./s1. The summed E-state index contributed by atoms with van der Waals surface area (Å²) in [6, 6.07) is 59.6. The number of nitrogens with zero attached hydrogens (tertiary/aromatic N) is 3. The van der Waals surface area contributed by atoms with Crippen molar-refractivity contribution < 1.29 is 72.8 Å². The van der Waals surface area contributed by atoms with E-state index in [0.29, 0.717) is 122 Å². The van der Waals surface area contributed by atoms with Crippen LogP contribution < -0.4 is 24.2 Å². The van der Waals surface area contributed by atoms with E-state index in [2.05, 4.69) is 0 Å². The zero-order valence-corrected chi connectivity index (χ0v) is 54.6. The number of methoxy groups -OCH3 is 2. The van der Waals surface area contributed by atoms with Gasteiger partial charge < -0.3 is 59.9 Å². The molecule has 0 bridgehead atoms. The molecule has 4 unspecified atom stereocenters. The Balaban J connectivity index is 0.000000159. The Morgan fingerprint density at radius 3 is 0.918 bits per heavy atom. The maximum absolute atomic E-state index is 13.2. The molecule has 9 atom stereocenters. The summed E-state index contributed by atoms with van der Waals surface area (Å²) >= 11 is 0. The van der Waals surface area contributed by atoms with Crippen LogP contribution in [0.1, 0.15) is 147 Å². The SMILES string of the molecule is COc1ccc([C@@H]2[C@@H](CCCC(O)c3ccc(F)cc3)CC(=O)N2c2ccccc2)c(O)c1.COc1ccc([C@@H]2[C@@H](CCC[C@@H](O)c3ccc(F)cc3)CC(=O)N2c2ccccc2)c(O)c1.O=C1CC(CCCC(O)c2ccc(F)cc2)C(c2ccc(O)cc2O)N1c1ccccc1. The highest BCUT2D eigenvalue weighted by Crippen LogP contribution is 2.50. The summed E-state index contributed by atoms with van der Waals surface area (Å²) < 4.78 is 49.9. The average molecular weight is 1330 g/mol. The minimum atomic E-state index is -0.710. The van der Waals surface area contributed by atoms with Gasteiger partial charge in [0.2, 0.25) is 17.7 Å². The Bertz CT molecular complexity index is 3900. The van der Waals surface area contributed by atoms with E-state index in [1.54, 1.807) is 95.6 Å². The molecule has 98 heavy (non-hydrogen) atoms. The van der Waals surface area contributed by atoms with Crippen LogP contribution in [0.2, 0.25) is 0 Å². The lowest BCUT2D eigenvalue weighted by Crippen LogP contribution is -2.28. The Morgan fingerprint density at radius 1 is 0.378 bits per heavy atom. The van der Waals surface area contributed by atoms with Crippen LogP contribution in [0.25, 0.3) is 0 Å². The van der Waals surface area contributed by atoms with E-state index < -0.39 is 18.3 Å². The second-order valence-electron chi connectivity index (χ2n) is 25.1. The van der Waals surface area contributed by atoms with Gasteiger partial charge in [0.05, 0.1) is 50.7 Å². The smallest absolute Gasteiger partial charge is 0.227 e. The Morgan fingerprint density at radius 2 is 0.653 bits per heavy atom. The summed E-state index contributed by atoms with van der Waals surface area (Å²) in [5, 5.41) is 73.2. The van der Waals surface area contributed by atoms with E-state index in [4.69, 9.17) is 9.47 Å². The van der Waals surface area contributed by atoms with Crippen LogP contribution in [0, 0.1) is 35.2 Å². The number of anilines is 3. The van der Waals surface area contributed by atoms with Crippen molar-refractivity contribution in [2.45, 2.75) is 113 Å². The van der Waals surface area contributed by atoms with Crippen LogP contribution in [-0.4, -0.2) is 67.7 Å². The molecule has 0 saturated carbocycles. The molecule has 0 aromatic heterocycles. The van der Waals surface area contributed by atoms with Crippen LogP contribution in [-0.2, 0) is 14.4 Å². The number of phenolic OH excluding ortho intramolecular Hbond substituents is 4. The average Bonchev–Trinajstić information content (AvgIpc) is 1.60. The van der Waals surface area contributed by atoms with Gasteiger partial charge in [0.25, 0.3) is 0 Å². The van der Waals surface area contributed by atoms with Crippen molar-refractivity contribution in [2.24, 2.45) is 17.8 Å². The summed E-state index contributed by atoms with van der Waals surface area (Å²) in [6.07, 6.45) is 4.53. The number of benzene rings is 9. The number of halogens is 3. The first kappa shape index (κ1) is 70.7. The number of hydrogen-bond acceptors (Lipinski definition) is 12. The fourth-order valence-electron chi connectivity index (χ4n) is 13.9. The normalized spacial score (nSPS) is 19.1. The lowest BCUT2D eigenvalue weighted by atomic mass is 9.88. The number of carbonyl (C=O) groups excluding carboxylic acids is 3. The lowest BCUT2D eigenvalue weighted by Gasteiger charge is -2.29. The number of para-hydroxylation sites is 3. The first-order chi connectivity index (χ1) is 47.4. The molecule has 3 saturated heterocycles. The maximum Gasteiger partial charge on any atom is 0.227 e. The van der Waals surface area contributed by atoms with E-state index in [0.717, 1.165) is 17.1 Å². The third-order valence-electron chi connectivity index (χ3n) is 18.8. The molecular weight excluding hydrogens is 1250 g/mol. The number of hydrogen-bond donors (Lipinski definition) is 7. The van der Waals surface area contributed by atoms with E-state index in [1.807, 2.05) is 103 Å². The minimum Gasteiger partial charge on any atom is -0.508 e. The van der Waals surface area contributed by atoms with Crippen molar-refractivity contribution in [1.82, 2.24) is 0 Å². The fourth-order valence-corrected chi connectivity index (χ4v) is 13.9. The number of amides is 3. The van der Waals surface area contributed by atoms with Gasteiger partial charge in [0.1, 0.15) is 51.9 Å². The molecule has 3 fully saturated rings. The van der Waals surface area contributed by atoms with Gasteiger partial charge in [-0.1, -0.05) is 110 Å². The summed E-state index contributed by atoms with van der Waals surface area (Å²) in [4.78, 5) is 44.4. The summed E-state index contributed by atoms with van der Waals surface area (Å²) in [7, 11) is 3.08. The monoisotopic (exact) mass is 1330 g/mol. The molecule has 15 nitrogen and oxygen atoms in total. The van der Waals surface area contributed by atoms with Gasteiger partial charge in [-0.2, -0.15) is 0 Å². The van der Waals surface area contributed by atoms with Gasteiger partial charge in [-0.15, -0.1) is 0 Å². The zero-order valence-electron chi connectivity index (χ0n) is 54.6. The minimum absolute atomic E-state index is 0.00509. The van der Waals surface area contributed by atoms with Crippen molar-refractivity contribution in [3.63, 3.8) is 0 Å². The van der Waals surface area contributed by atoms with E-state index in [-0.39, 0.29) is 94.1 Å². The van der Waals surface area contributed by atoms with E-state index in [1.165, 1.54) is 48.5 Å². The molecule has 3 aliphatic heterocycles. The van der Waals surface area contributed by atoms with Crippen LogP contribution in [0.3, 0.4) is 0 Å². The van der Waals surface area contributed by atoms with Crippen molar-refractivity contribution in [2.75, 3.05) is 28.9 Å². The zero-order chi connectivity index (χ0) is 69.4. The third kappa shape index (κ3) is 17.3. The molecule has 18 heteroatoms. The molecule has 3 aliphatic rings. The van der Waals surface area contributed by atoms with Crippen LogP contribution >= 0.6 is 0 Å². The van der Waals surface area contributed by atoms with Crippen molar-refractivity contribution in [3.05, 3.63) is 269 Å². The highest BCUT2D eigenvalue weighted by molar-refractivity contribution is 5.98. The number of carbonyl (C=O) groups is 3. The van der Waals surface area contributed by atoms with Crippen LogP contribution in [0.5, 0.6) is 34.5 Å². The molecule has 7 N–H and O–H groups in total. The molecule has 3 heterocycles. The largest absolute Gasteiger partial charge is 0.508 e. The molecule has 0 spiro atoms. The van der Waals surface area contributed by atoms with E-state index in [9.17, 15) is 63.3 Å². The first-order valence-corrected chi connectivity index (χ1v) is 33.1. The quantitative estimate of drug-likeness (QED) is 0.0318. The first-order valence-electron chi connectivity index (χ1n) is 33.1. The van der Waals surface area contributed by atoms with Crippen LogP contribution in [0.15, 0.2) is 218 Å². The summed E-state index contributed by atoms with van der Waals surface area (Å²) in [6.45, 7) is 0. The highest BCUT2D eigenvalue weighted by Gasteiger charge is 2.45. The second kappa shape index (κ2) is 33.2. The molecule has 0 aliphatic carbocycles. The van der Waals surface area contributed by atoms with Crippen molar-refractivity contribution in [3.8, 4) is 34.5 Å². The topological polar surface area (TPSA) is 221 Å². The molecule has 510 valence electrons. The fraction of sp³-hybridized carbons (Fsp3) is 0.287. The summed E-state index contributed by atoms with van der Waals surface area (Å²) in [5.74, 6) is 0.0132. The van der Waals surface area contributed by atoms with Crippen LogP contribution in [0.4, 0.5) is 30.2 Å².